The van der Waals surface area contributed by atoms with Gasteiger partial charge in [-0.05, 0) is 26.7 Å². The number of hydrogen-bond acceptors (Lipinski definition) is 6. The monoisotopic (exact) mass is 298 g/mol. The Labute approximate surface area is 123 Å². The van der Waals surface area contributed by atoms with Crippen LogP contribution in [-0.4, -0.2) is 53.2 Å². The minimum absolute atomic E-state index is 0.0775. The van der Waals surface area contributed by atoms with Crippen molar-refractivity contribution in [1.29, 1.82) is 0 Å². The van der Waals surface area contributed by atoms with Crippen molar-refractivity contribution in [2.75, 3.05) is 37.3 Å². The number of likely N-dealkylation sites (tertiary alicyclic amines) is 1. The second kappa shape index (κ2) is 5.57. The molecule has 0 bridgehead atoms. The van der Waals surface area contributed by atoms with Crippen LogP contribution in [0.5, 0.6) is 0 Å². The summed E-state index contributed by atoms with van der Waals surface area (Å²) >= 11 is 1.33. The van der Waals surface area contributed by atoms with Crippen molar-refractivity contribution < 1.29 is 9.90 Å². The van der Waals surface area contributed by atoms with Gasteiger partial charge in [0.1, 0.15) is 10.7 Å². The van der Waals surface area contributed by atoms with Crippen LogP contribution in [0, 0.1) is 0 Å². The molecule has 112 valence electrons. The van der Waals surface area contributed by atoms with Crippen LogP contribution in [0.3, 0.4) is 0 Å². The molecule has 0 spiro atoms. The van der Waals surface area contributed by atoms with Crippen molar-refractivity contribution in [2.24, 2.45) is 0 Å². The van der Waals surface area contributed by atoms with Crippen molar-refractivity contribution in [3.05, 3.63) is 4.88 Å². The van der Waals surface area contributed by atoms with E-state index in [-0.39, 0.29) is 5.91 Å². The standard InChI is InChI=1S/C13H22N4O2S/c1-4-16(3)12-15-10(14)9(20-12)11(18)17-7-5-13(2,19)6-8-17/h19H,4-8,14H2,1-3H3. The van der Waals surface area contributed by atoms with Crippen molar-refractivity contribution in [3.63, 3.8) is 0 Å². The lowest BCUT2D eigenvalue weighted by Crippen LogP contribution is -2.45. The summed E-state index contributed by atoms with van der Waals surface area (Å²) in [6.07, 6.45) is 1.19. The molecule has 2 rings (SSSR count). The Morgan fingerprint density at radius 3 is 2.70 bits per heavy atom. The lowest BCUT2D eigenvalue weighted by Gasteiger charge is -2.35. The fourth-order valence-corrected chi connectivity index (χ4v) is 3.09. The molecule has 1 saturated heterocycles. The maximum atomic E-state index is 12.5. The molecule has 2 heterocycles. The van der Waals surface area contributed by atoms with E-state index in [4.69, 9.17) is 5.73 Å². The average Bonchev–Trinajstić information content (AvgIpc) is 2.79. The van der Waals surface area contributed by atoms with E-state index in [1.54, 1.807) is 4.90 Å². The van der Waals surface area contributed by atoms with E-state index in [1.165, 1.54) is 11.3 Å². The van der Waals surface area contributed by atoms with Crippen molar-refractivity contribution in [2.45, 2.75) is 32.3 Å². The highest BCUT2D eigenvalue weighted by atomic mass is 32.1. The SMILES string of the molecule is CCN(C)c1nc(N)c(C(=O)N2CCC(C)(O)CC2)s1. The van der Waals surface area contributed by atoms with Gasteiger partial charge in [0.25, 0.3) is 5.91 Å². The highest BCUT2D eigenvalue weighted by Gasteiger charge is 2.31. The number of anilines is 2. The average molecular weight is 298 g/mol. The van der Waals surface area contributed by atoms with E-state index in [9.17, 15) is 9.90 Å². The molecule has 1 aromatic heterocycles. The first-order valence-electron chi connectivity index (χ1n) is 6.83. The molecule has 0 aliphatic carbocycles. The fraction of sp³-hybridized carbons (Fsp3) is 0.692. The number of amides is 1. The summed E-state index contributed by atoms with van der Waals surface area (Å²) in [7, 11) is 1.92. The van der Waals surface area contributed by atoms with Gasteiger partial charge >= 0.3 is 0 Å². The van der Waals surface area contributed by atoms with Crippen LogP contribution in [0.15, 0.2) is 0 Å². The third-order valence-electron chi connectivity index (χ3n) is 3.77. The smallest absolute Gasteiger partial charge is 0.267 e. The number of aromatic nitrogens is 1. The minimum atomic E-state index is -0.663. The van der Waals surface area contributed by atoms with Gasteiger partial charge in [-0.3, -0.25) is 4.79 Å². The Kier molecular flexibility index (Phi) is 4.19. The van der Waals surface area contributed by atoms with E-state index in [1.807, 2.05) is 25.8 Å². The van der Waals surface area contributed by atoms with Crippen molar-refractivity contribution in [3.8, 4) is 0 Å². The zero-order valence-electron chi connectivity index (χ0n) is 12.2. The lowest BCUT2D eigenvalue weighted by atomic mass is 9.94. The van der Waals surface area contributed by atoms with Gasteiger partial charge in [0.2, 0.25) is 0 Å². The quantitative estimate of drug-likeness (QED) is 0.875. The minimum Gasteiger partial charge on any atom is -0.390 e. The molecule has 0 radical (unpaired) electrons. The number of carbonyl (C=O) groups excluding carboxylic acids is 1. The summed E-state index contributed by atoms with van der Waals surface area (Å²) in [5, 5.41) is 10.7. The topological polar surface area (TPSA) is 82.7 Å². The normalized spacial score (nSPS) is 18.1. The predicted molar refractivity (Wildman–Crippen MR) is 81.2 cm³/mol. The molecule has 1 aliphatic heterocycles. The van der Waals surface area contributed by atoms with Gasteiger partial charge in [0.05, 0.1) is 5.60 Å². The Hall–Kier alpha value is -1.34. The van der Waals surface area contributed by atoms with E-state index >= 15 is 0 Å². The number of carbonyl (C=O) groups is 1. The number of aliphatic hydroxyl groups is 1. The molecule has 7 heteroatoms. The molecule has 0 unspecified atom stereocenters. The second-order valence-corrected chi connectivity index (χ2v) is 6.49. The summed E-state index contributed by atoms with van der Waals surface area (Å²) in [4.78, 5) is 20.9. The number of hydrogen-bond donors (Lipinski definition) is 2. The molecule has 0 saturated carbocycles. The van der Waals surface area contributed by atoms with Crippen molar-refractivity contribution in [1.82, 2.24) is 9.88 Å². The molecule has 0 atom stereocenters. The van der Waals surface area contributed by atoms with Gasteiger partial charge in [-0.1, -0.05) is 11.3 Å². The van der Waals surface area contributed by atoms with Crippen LogP contribution in [-0.2, 0) is 0 Å². The van der Waals surface area contributed by atoms with E-state index in [0.29, 0.717) is 36.6 Å². The highest BCUT2D eigenvalue weighted by Crippen LogP contribution is 2.30. The zero-order valence-corrected chi connectivity index (χ0v) is 13.0. The highest BCUT2D eigenvalue weighted by molar-refractivity contribution is 7.18. The molecule has 3 N–H and O–H groups in total. The fourth-order valence-electron chi connectivity index (χ4n) is 2.11. The summed E-state index contributed by atoms with van der Waals surface area (Å²) in [5.41, 5.74) is 5.21. The first-order chi connectivity index (χ1) is 9.34. The van der Waals surface area contributed by atoms with Crippen LogP contribution in [0.2, 0.25) is 0 Å². The van der Waals surface area contributed by atoms with Crippen LogP contribution in [0.4, 0.5) is 10.9 Å². The van der Waals surface area contributed by atoms with Gasteiger partial charge in [-0.15, -0.1) is 0 Å². The van der Waals surface area contributed by atoms with Crippen LogP contribution in [0.1, 0.15) is 36.4 Å². The molecule has 1 fully saturated rings. The summed E-state index contributed by atoms with van der Waals surface area (Å²) in [6, 6.07) is 0. The third kappa shape index (κ3) is 3.04. The van der Waals surface area contributed by atoms with Gasteiger partial charge in [-0.25, -0.2) is 4.98 Å². The Morgan fingerprint density at radius 1 is 1.55 bits per heavy atom. The van der Waals surface area contributed by atoms with Crippen LogP contribution < -0.4 is 10.6 Å². The summed E-state index contributed by atoms with van der Waals surface area (Å²) in [6.45, 7) is 5.76. The number of nitrogens with two attached hydrogens (primary N) is 1. The van der Waals surface area contributed by atoms with E-state index in [2.05, 4.69) is 4.98 Å². The molecule has 1 amide bonds. The van der Waals surface area contributed by atoms with Gasteiger partial charge in [0.15, 0.2) is 5.13 Å². The number of rotatable bonds is 3. The Balaban J connectivity index is 2.12. The van der Waals surface area contributed by atoms with Gasteiger partial charge in [-0.2, -0.15) is 0 Å². The second-order valence-electron chi connectivity index (χ2n) is 5.51. The molecule has 1 aromatic rings. The Morgan fingerprint density at radius 2 is 2.15 bits per heavy atom. The first-order valence-corrected chi connectivity index (χ1v) is 7.65. The number of nitrogen functional groups attached to an aromatic ring is 1. The summed E-state index contributed by atoms with van der Waals surface area (Å²) in [5.74, 6) is 0.221. The largest absolute Gasteiger partial charge is 0.390 e. The molecular weight excluding hydrogens is 276 g/mol. The van der Waals surface area contributed by atoms with Crippen LogP contribution in [0.25, 0.3) is 0 Å². The molecular formula is C13H22N4O2S. The zero-order chi connectivity index (χ0) is 14.9. The third-order valence-corrected chi connectivity index (χ3v) is 4.94. The van der Waals surface area contributed by atoms with Gasteiger partial charge < -0.3 is 20.6 Å². The summed E-state index contributed by atoms with van der Waals surface area (Å²) < 4.78 is 0. The molecule has 1 aliphatic rings. The molecule has 20 heavy (non-hydrogen) atoms. The molecule has 0 aromatic carbocycles. The van der Waals surface area contributed by atoms with E-state index < -0.39 is 5.60 Å². The maximum Gasteiger partial charge on any atom is 0.267 e. The Bertz CT molecular complexity index is 491. The molecule has 6 nitrogen and oxygen atoms in total. The lowest BCUT2D eigenvalue weighted by molar-refractivity contribution is -0.00185. The number of piperidine rings is 1. The number of nitrogens with zero attached hydrogens (tertiary/aromatic N) is 3. The predicted octanol–water partition coefficient (Wildman–Crippen LogP) is 1.17. The maximum absolute atomic E-state index is 12.5. The van der Waals surface area contributed by atoms with Crippen LogP contribution >= 0.6 is 11.3 Å². The first kappa shape index (κ1) is 15.1. The van der Waals surface area contributed by atoms with Crippen molar-refractivity contribution >= 4 is 28.2 Å². The van der Waals surface area contributed by atoms with E-state index in [0.717, 1.165) is 11.7 Å². The van der Waals surface area contributed by atoms with Gasteiger partial charge in [0, 0.05) is 26.7 Å². The number of thiazole rings is 1.